The summed E-state index contributed by atoms with van der Waals surface area (Å²) >= 11 is 0. The minimum atomic E-state index is -4.53. The number of nitrogens with zero attached hydrogens (tertiary/aromatic N) is 2. The number of hydrogen-bond donors (Lipinski definition) is 1. The van der Waals surface area contributed by atoms with E-state index in [4.69, 9.17) is 0 Å². The summed E-state index contributed by atoms with van der Waals surface area (Å²) in [5.41, 5.74) is 3.62. The number of H-pyrrole nitrogens is 1. The Morgan fingerprint density at radius 1 is 1.29 bits per heavy atom. The Bertz CT molecular complexity index is 839. The van der Waals surface area contributed by atoms with Crippen LogP contribution in [0.3, 0.4) is 0 Å². The fourth-order valence-corrected chi connectivity index (χ4v) is 2.64. The van der Waals surface area contributed by atoms with E-state index in [1.807, 2.05) is 32.9 Å². The molecule has 1 N–H and O–H groups in total. The van der Waals surface area contributed by atoms with Crippen LogP contribution in [0.25, 0.3) is 16.5 Å². The van der Waals surface area contributed by atoms with Crippen LogP contribution in [-0.2, 0) is 0 Å². The number of rotatable bonds is 4. The van der Waals surface area contributed by atoms with E-state index in [-0.39, 0.29) is 0 Å². The lowest BCUT2D eigenvalue weighted by Gasteiger charge is -2.15. The second-order valence-electron chi connectivity index (χ2n) is 5.78. The summed E-state index contributed by atoms with van der Waals surface area (Å²) in [6.07, 6.45) is -2.12. The third-order valence-electron chi connectivity index (χ3n) is 3.98. The topological polar surface area (TPSA) is 41.0 Å². The number of aromatic nitrogens is 2. The molecule has 0 fully saturated rings. The van der Waals surface area contributed by atoms with Crippen molar-refractivity contribution in [3.63, 3.8) is 0 Å². The lowest BCUT2D eigenvalue weighted by molar-refractivity contribution is -0.0919. The fourth-order valence-electron chi connectivity index (χ4n) is 2.64. The minimum Gasteiger partial charge on any atom is -0.278 e. The first-order valence-corrected chi connectivity index (χ1v) is 7.60. The lowest BCUT2D eigenvalue weighted by Crippen LogP contribution is -2.11. The van der Waals surface area contributed by atoms with Gasteiger partial charge in [0, 0.05) is 16.7 Å². The highest BCUT2D eigenvalue weighted by Crippen LogP contribution is 2.30. The van der Waals surface area contributed by atoms with Crippen molar-refractivity contribution in [1.82, 2.24) is 10.2 Å². The van der Waals surface area contributed by atoms with Gasteiger partial charge in [0.15, 0.2) is 0 Å². The van der Waals surface area contributed by atoms with Gasteiger partial charge in [-0.1, -0.05) is 19.1 Å². The zero-order chi connectivity index (χ0) is 18.1. The number of hydrogen-bond acceptors (Lipinski definition) is 2. The van der Waals surface area contributed by atoms with Crippen LogP contribution in [-0.4, -0.2) is 22.1 Å². The van der Waals surface area contributed by atoms with Gasteiger partial charge in [-0.15, -0.1) is 0 Å². The molecule has 2 rings (SSSR count). The fraction of sp³-hybridized carbons (Fsp3) is 0.333. The number of benzene rings is 1. The largest absolute Gasteiger partial charge is 0.432 e. The molecule has 1 aromatic heterocycles. The van der Waals surface area contributed by atoms with Crippen LogP contribution in [0.5, 0.6) is 0 Å². The molecule has 0 bridgehead atoms. The van der Waals surface area contributed by atoms with Crippen molar-refractivity contribution in [2.75, 3.05) is 0 Å². The van der Waals surface area contributed by atoms with Crippen LogP contribution >= 0.6 is 0 Å². The van der Waals surface area contributed by atoms with E-state index in [0.717, 1.165) is 27.6 Å². The predicted molar refractivity (Wildman–Crippen MR) is 92.0 cm³/mol. The van der Waals surface area contributed by atoms with Crippen LogP contribution in [0.4, 0.5) is 13.2 Å². The second-order valence-corrected chi connectivity index (χ2v) is 5.78. The van der Waals surface area contributed by atoms with Gasteiger partial charge in [0.2, 0.25) is 0 Å². The van der Waals surface area contributed by atoms with Gasteiger partial charge in [-0.2, -0.15) is 18.3 Å². The van der Waals surface area contributed by atoms with Crippen LogP contribution in [0.1, 0.15) is 38.3 Å². The smallest absolute Gasteiger partial charge is 0.278 e. The summed E-state index contributed by atoms with van der Waals surface area (Å²) < 4.78 is 38.3. The third kappa shape index (κ3) is 3.58. The molecule has 3 nitrogen and oxygen atoms in total. The van der Waals surface area contributed by atoms with Gasteiger partial charge in [-0.25, -0.2) is 4.99 Å². The minimum absolute atomic E-state index is 0.305. The van der Waals surface area contributed by atoms with Crippen molar-refractivity contribution >= 4 is 22.2 Å². The number of halogens is 3. The van der Waals surface area contributed by atoms with Crippen molar-refractivity contribution in [3.05, 3.63) is 47.3 Å². The Hall–Kier alpha value is -2.37. The summed E-state index contributed by atoms with van der Waals surface area (Å²) in [5, 5.41) is 7.85. The Morgan fingerprint density at radius 2 is 1.96 bits per heavy atom. The average molecular weight is 335 g/mol. The zero-order valence-electron chi connectivity index (χ0n) is 14.2. The molecule has 128 valence electrons. The summed E-state index contributed by atoms with van der Waals surface area (Å²) in [5.74, 6) is 0. The Kier molecular flexibility index (Phi) is 4.96. The zero-order valence-corrected chi connectivity index (χ0v) is 14.2. The van der Waals surface area contributed by atoms with Gasteiger partial charge in [-0.05, 0) is 50.5 Å². The van der Waals surface area contributed by atoms with Gasteiger partial charge in [0.1, 0.15) is 5.70 Å². The molecule has 0 atom stereocenters. The van der Waals surface area contributed by atoms with E-state index in [1.165, 1.54) is 0 Å². The van der Waals surface area contributed by atoms with Crippen LogP contribution in [0, 0.1) is 6.92 Å². The molecule has 1 aromatic carbocycles. The van der Waals surface area contributed by atoms with Gasteiger partial charge in [0.25, 0.3) is 0 Å². The van der Waals surface area contributed by atoms with Crippen LogP contribution in [0.15, 0.2) is 41.2 Å². The first-order chi connectivity index (χ1) is 11.1. The monoisotopic (exact) mass is 335 g/mol. The Balaban J connectivity index is 2.61. The quantitative estimate of drug-likeness (QED) is 0.727. The maximum absolute atomic E-state index is 12.8. The van der Waals surface area contributed by atoms with E-state index in [9.17, 15) is 13.2 Å². The molecule has 0 saturated carbocycles. The number of fused-ring (bicyclic) bond motifs is 1. The maximum Gasteiger partial charge on any atom is 0.432 e. The molecule has 0 unspecified atom stereocenters. The highest BCUT2D eigenvalue weighted by molar-refractivity contribution is 6.24. The molecule has 24 heavy (non-hydrogen) atoms. The van der Waals surface area contributed by atoms with Crippen LogP contribution in [0.2, 0.25) is 0 Å². The second kappa shape index (κ2) is 6.63. The normalized spacial score (nSPS) is 14.0. The standard InChI is InChI=1S/C18H20F3N3/c1-6-10(2)16(12(4)23-13(5)18(19,20)21)14-7-11(3)17-15(8-14)9-22-24-17/h7-9H,5-6H2,1-4H3,(H,22,24)/b16-10-,23-12+. The SMILES string of the molecule is C=C(/N=C(C)/C(=C(\C)CC)c1cc(C)c2[nH]ncc2c1)C(F)(F)F. The molecule has 0 spiro atoms. The molecule has 0 aliphatic rings. The van der Waals surface area contributed by atoms with Gasteiger partial charge < -0.3 is 0 Å². The van der Waals surface area contributed by atoms with Gasteiger partial charge in [0.05, 0.1) is 11.7 Å². The van der Waals surface area contributed by atoms with Crippen LogP contribution < -0.4 is 0 Å². The van der Waals surface area contributed by atoms with E-state index < -0.39 is 11.9 Å². The molecule has 0 radical (unpaired) electrons. The molecule has 0 amide bonds. The van der Waals surface area contributed by atoms with Gasteiger partial charge in [-0.3, -0.25) is 5.10 Å². The first-order valence-electron chi connectivity index (χ1n) is 7.60. The maximum atomic E-state index is 12.8. The van der Waals surface area contributed by atoms with E-state index in [0.29, 0.717) is 17.7 Å². The molecule has 0 saturated heterocycles. The summed E-state index contributed by atoms with van der Waals surface area (Å²) in [7, 11) is 0. The van der Waals surface area contributed by atoms with E-state index in [1.54, 1.807) is 13.1 Å². The molecule has 0 aliphatic carbocycles. The number of aryl methyl sites for hydroxylation is 1. The average Bonchev–Trinajstić information content (AvgIpc) is 2.95. The summed E-state index contributed by atoms with van der Waals surface area (Å²) in [4.78, 5) is 3.71. The van der Waals surface area contributed by atoms with Crippen molar-refractivity contribution in [2.45, 2.75) is 40.3 Å². The summed E-state index contributed by atoms with van der Waals surface area (Å²) in [6.45, 7) is 10.4. The molecule has 6 heteroatoms. The Morgan fingerprint density at radius 3 is 2.54 bits per heavy atom. The lowest BCUT2D eigenvalue weighted by atomic mass is 9.93. The molecule has 2 aromatic rings. The number of aliphatic imine (C=N–C) groups is 1. The van der Waals surface area contributed by atoms with Crippen molar-refractivity contribution in [3.8, 4) is 0 Å². The number of nitrogens with one attached hydrogen (secondary N) is 1. The van der Waals surface area contributed by atoms with Gasteiger partial charge >= 0.3 is 6.18 Å². The highest BCUT2D eigenvalue weighted by Gasteiger charge is 2.32. The van der Waals surface area contributed by atoms with Crippen molar-refractivity contribution < 1.29 is 13.2 Å². The molecular formula is C18H20F3N3. The number of alkyl halides is 3. The highest BCUT2D eigenvalue weighted by atomic mass is 19.4. The third-order valence-corrected chi connectivity index (χ3v) is 3.98. The van der Waals surface area contributed by atoms with E-state index in [2.05, 4.69) is 21.8 Å². The molecule has 1 heterocycles. The summed E-state index contributed by atoms with van der Waals surface area (Å²) in [6, 6.07) is 3.85. The van der Waals surface area contributed by atoms with E-state index >= 15 is 0 Å². The first kappa shape index (κ1) is 18.0. The number of allylic oxidation sites excluding steroid dienone is 3. The van der Waals surface area contributed by atoms with Crippen molar-refractivity contribution in [2.24, 2.45) is 4.99 Å². The predicted octanol–water partition coefficient (Wildman–Crippen LogP) is 5.59. The molecular weight excluding hydrogens is 315 g/mol. The Labute approximate surface area is 139 Å². The van der Waals surface area contributed by atoms with Crippen molar-refractivity contribution in [1.29, 1.82) is 0 Å². The number of aromatic amines is 1. The molecule has 0 aliphatic heterocycles.